The summed E-state index contributed by atoms with van der Waals surface area (Å²) in [5.41, 5.74) is 0.529. The molecule has 1 fully saturated rings. The minimum Gasteiger partial charge on any atom is -0.368 e. The molecule has 0 bridgehead atoms. The van der Waals surface area contributed by atoms with Gasteiger partial charge in [-0.15, -0.1) is 0 Å². The van der Waals surface area contributed by atoms with Crippen molar-refractivity contribution in [2.75, 3.05) is 24.5 Å². The second-order valence-electron chi connectivity index (χ2n) is 5.52. The van der Waals surface area contributed by atoms with Gasteiger partial charge < -0.3 is 10.2 Å². The smallest absolute Gasteiger partial charge is 0.287 e. The van der Waals surface area contributed by atoms with Crippen LogP contribution in [0.4, 0.5) is 5.69 Å². The summed E-state index contributed by atoms with van der Waals surface area (Å²) in [5.74, 6) is 0. The van der Waals surface area contributed by atoms with Crippen molar-refractivity contribution in [3.8, 4) is 0 Å². The largest absolute Gasteiger partial charge is 0.368 e. The third kappa shape index (κ3) is 3.15. The molecular weight excluding hydrogens is 276 g/mol. The molecular formula is C14H23ClN4O. The Balaban J connectivity index is 2.25. The molecule has 1 aromatic rings. The molecule has 6 heteroatoms. The Bertz CT molecular complexity index is 508. The molecule has 2 heterocycles. The van der Waals surface area contributed by atoms with Gasteiger partial charge in [-0.1, -0.05) is 11.6 Å². The van der Waals surface area contributed by atoms with Crippen LogP contribution in [0.15, 0.2) is 11.0 Å². The van der Waals surface area contributed by atoms with Crippen molar-refractivity contribution in [2.24, 2.45) is 0 Å². The summed E-state index contributed by atoms with van der Waals surface area (Å²) in [4.78, 5) is 14.3. The third-order valence-electron chi connectivity index (χ3n) is 3.74. The van der Waals surface area contributed by atoms with E-state index in [4.69, 9.17) is 11.6 Å². The van der Waals surface area contributed by atoms with Gasteiger partial charge in [-0.05, 0) is 40.2 Å². The highest BCUT2D eigenvalue weighted by atomic mass is 35.5. The first kappa shape index (κ1) is 15.3. The number of nitrogens with one attached hydrogen (secondary N) is 1. The lowest BCUT2D eigenvalue weighted by Crippen LogP contribution is -2.39. The lowest BCUT2D eigenvalue weighted by Gasteiger charge is -2.27. The van der Waals surface area contributed by atoms with E-state index in [1.807, 2.05) is 13.8 Å². The summed E-state index contributed by atoms with van der Waals surface area (Å²) < 4.78 is 1.42. The molecule has 0 aliphatic carbocycles. The summed E-state index contributed by atoms with van der Waals surface area (Å²) in [6, 6.07) is 0.485. The molecule has 2 rings (SSSR count). The zero-order chi connectivity index (χ0) is 14.7. The van der Waals surface area contributed by atoms with Gasteiger partial charge in [0.25, 0.3) is 5.56 Å². The maximum atomic E-state index is 12.2. The zero-order valence-electron chi connectivity index (χ0n) is 12.4. The summed E-state index contributed by atoms with van der Waals surface area (Å²) in [6.07, 6.45) is 4.09. The molecule has 1 saturated heterocycles. The second-order valence-corrected chi connectivity index (χ2v) is 5.90. The van der Waals surface area contributed by atoms with Crippen LogP contribution in [0.2, 0.25) is 5.02 Å². The molecule has 1 N–H and O–H groups in total. The number of hydrogen-bond donors (Lipinski definition) is 1. The van der Waals surface area contributed by atoms with Crippen LogP contribution < -0.4 is 15.8 Å². The Morgan fingerprint density at radius 3 is 2.90 bits per heavy atom. The zero-order valence-corrected chi connectivity index (χ0v) is 13.2. The van der Waals surface area contributed by atoms with E-state index in [0.717, 1.165) is 25.3 Å². The maximum Gasteiger partial charge on any atom is 0.287 e. The fourth-order valence-electron chi connectivity index (χ4n) is 2.60. The van der Waals surface area contributed by atoms with Gasteiger partial charge in [-0.2, -0.15) is 5.10 Å². The number of hydrogen-bond acceptors (Lipinski definition) is 4. The third-order valence-corrected chi connectivity index (χ3v) is 4.10. The quantitative estimate of drug-likeness (QED) is 0.904. The van der Waals surface area contributed by atoms with Crippen LogP contribution in [-0.2, 0) is 0 Å². The predicted molar refractivity (Wildman–Crippen MR) is 82.8 cm³/mol. The lowest BCUT2D eigenvalue weighted by atomic mass is 10.2. The van der Waals surface area contributed by atoms with Gasteiger partial charge in [0, 0.05) is 19.1 Å². The number of nitrogens with zero attached hydrogens (tertiary/aromatic N) is 3. The van der Waals surface area contributed by atoms with Crippen LogP contribution in [0.3, 0.4) is 0 Å². The fraction of sp³-hybridized carbons (Fsp3) is 0.714. The number of rotatable bonds is 5. The average Bonchev–Trinajstić information content (AvgIpc) is 2.92. The first-order valence-electron chi connectivity index (χ1n) is 7.30. The minimum atomic E-state index is -0.211. The standard InChI is InChI=1S/C14H23ClN4O/c1-4-18(9-11-6-5-7-16-11)12-8-17-19(10(2)3)14(20)13(12)15/h8,10-11,16H,4-7,9H2,1-3H3. The number of likely N-dealkylation sites (N-methyl/N-ethyl adjacent to an activating group) is 1. The highest BCUT2D eigenvalue weighted by Gasteiger charge is 2.21. The van der Waals surface area contributed by atoms with Crippen LogP contribution in [0.25, 0.3) is 0 Å². The van der Waals surface area contributed by atoms with Crippen molar-refractivity contribution in [1.82, 2.24) is 15.1 Å². The molecule has 1 aliphatic heterocycles. The minimum absolute atomic E-state index is 0.0145. The van der Waals surface area contributed by atoms with E-state index < -0.39 is 0 Å². The van der Waals surface area contributed by atoms with E-state index in [9.17, 15) is 4.79 Å². The SMILES string of the molecule is CCN(CC1CCCN1)c1cnn(C(C)C)c(=O)c1Cl. The molecule has 0 radical (unpaired) electrons. The topological polar surface area (TPSA) is 50.2 Å². The first-order chi connectivity index (χ1) is 9.54. The Morgan fingerprint density at radius 2 is 2.35 bits per heavy atom. The van der Waals surface area contributed by atoms with E-state index in [2.05, 4.69) is 22.2 Å². The molecule has 1 unspecified atom stereocenters. The van der Waals surface area contributed by atoms with Crippen molar-refractivity contribution in [3.05, 3.63) is 21.6 Å². The van der Waals surface area contributed by atoms with Gasteiger partial charge in [-0.25, -0.2) is 4.68 Å². The van der Waals surface area contributed by atoms with Gasteiger partial charge in [-0.3, -0.25) is 4.79 Å². The Kier molecular flexibility index (Phi) is 5.05. The van der Waals surface area contributed by atoms with Crippen molar-refractivity contribution >= 4 is 17.3 Å². The van der Waals surface area contributed by atoms with Crippen molar-refractivity contribution in [3.63, 3.8) is 0 Å². The van der Waals surface area contributed by atoms with Crippen molar-refractivity contribution < 1.29 is 0 Å². The molecule has 0 aromatic carbocycles. The van der Waals surface area contributed by atoms with Crippen molar-refractivity contribution in [2.45, 2.75) is 45.7 Å². The molecule has 1 atom stereocenters. The summed E-state index contributed by atoms with van der Waals surface area (Å²) >= 11 is 6.27. The predicted octanol–water partition coefficient (Wildman–Crippen LogP) is 2.06. The normalized spacial score (nSPS) is 18.8. The second kappa shape index (κ2) is 6.59. The van der Waals surface area contributed by atoms with E-state index >= 15 is 0 Å². The van der Waals surface area contributed by atoms with Gasteiger partial charge in [0.2, 0.25) is 0 Å². The summed E-state index contributed by atoms with van der Waals surface area (Å²) in [6.45, 7) is 8.66. The van der Waals surface area contributed by atoms with Crippen LogP contribution in [-0.4, -0.2) is 35.5 Å². The summed E-state index contributed by atoms with van der Waals surface area (Å²) in [5, 5.41) is 7.98. The van der Waals surface area contributed by atoms with Gasteiger partial charge >= 0.3 is 0 Å². The Hall–Kier alpha value is -1.07. The average molecular weight is 299 g/mol. The monoisotopic (exact) mass is 298 g/mol. The molecule has 5 nitrogen and oxygen atoms in total. The van der Waals surface area contributed by atoms with E-state index in [1.54, 1.807) is 6.20 Å². The maximum absolute atomic E-state index is 12.2. The molecule has 0 saturated carbocycles. The van der Waals surface area contributed by atoms with Gasteiger partial charge in [0.1, 0.15) is 5.02 Å². The molecule has 0 spiro atoms. The molecule has 1 aliphatic rings. The van der Waals surface area contributed by atoms with E-state index in [1.165, 1.54) is 17.5 Å². The molecule has 0 amide bonds. The highest BCUT2D eigenvalue weighted by molar-refractivity contribution is 6.33. The van der Waals surface area contributed by atoms with Crippen LogP contribution in [0.5, 0.6) is 0 Å². The fourth-order valence-corrected chi connectivity index (χ4v) is 2.86. The number of halogens is 1. The summed E-state index contributed by atoms with van der Waals surface area (Å²) in [7, 11) is 0. The van der Waals surface area contributed by atoms with Gasteiger partial charge in [0.15, 0.2) is 0 Å². The number of anilines is 1. The lowest BCUT2D eigenvalue weighted by molar-refractivity contribution is 0.501. The van der Waals surface area contributed by atoms with Crippen LogP contribution >= 0.6 is 11.6 Å². The highest BCUT2D eigenvalue weighted by Crippen LogP contribution is 2.22. The van der Waals surface area contributed by atoms with E-state index in [0.29, 0.717) is 6.04 Å². The molecule has 20 heavy (non-hydrogen) atoms. The van der Waals surface area contributed by atoms with E-state index in [-0.39, 0.29) is 16.6 Å². The van der Waals surface area contributed by atoms with Crippen LogP contribution in [0.1, 0.15) is 39.7 Å². The number of aromatic nitrogens is 2. The first-order valence-corrected chi connectivity index (χ1v) is 7.68. The Morgan fingerprint density at radius 1 is 1.60 bits per heavy atom. The van der Waals surface area contributed by atoms with Crippen molar-refractivity contribution in [1.29, 1.82) is 0 Å². The Labute approximate surface area is 124 Å². The van der Waals surface area contributed by atoms with Crippen LogP contribution in [0, 0.1) is 0 Å². The molecule has 112 valence electrons. The molecule has 1 aromatic heterocycles. The van der Waals surface area contributed by atoms with Gasteiger partial charge in [0.05, 0.1) is 17.9 Å².